The third-order valence-electron chi connectivity index (χ3n) is 5.73. The first kappa shape index (κ1) is 23.6. The fourth-order valence-corrected chi connectivity index (χ4v) is 5.44. The molecule has 0 spiro atoms. The van der Waals surface area contributed by atoms with Crippen LogP contribution in [0.4, 0.5) is 11.5 Å². The highest BCUT2D eigenvalue weighted by molar-refractivity contribution is 7.89. The van der Waals surface area contributed by atoms with Crippen LogP contribution in [0.2, 0.25) is 0 Å². The van der Waals surface area contributed by atoms with Crippen LogP contribution in [-0.2, 0) is 32.5 Å². The SMILES string of the molecule is CC(=O)N1c2ccc(S(=O)(=O)N[C@H](Cc3ccccc3)C(=O)Nc3ccccn3)cc2C[C@@H]1C. The van der Waals surface area contributed by atoms with Crippen LogP contribution in [0.5, 0.6) is 0 Å². The van der Waals surface area contributed by atoms with Gasteiger partial charge in [0.2, 0.25) is 21.8 Å². The summed E-state index contributed by atoms with van der Waals surface area (Å²) < 4.78 is 29.2. The maximum absolute atomic E-state index is 13.3. The Balaban J connectivity index is 1.60. The molecule has 8 nitrogen and oxygen atoms in total. The number of sulfonamides is 1. The molecule has 0 saturated carbocycles. The molecular weight excluding hydrogens is 452 g/mol. The third kappa shape index (κ3) is 5.16. The van der Waals surface area contributed by atoms with Crippen molar-refractivity contribution in [2.24, 2.45) is 0 Å². The zero-order chi connectivity index (χ0) is 24.3. The van der Waals surface area contributed by atoms with Gasteiger partial charge in [-0.2, -0.15) is 4.72 Å². The topological polar surface area (TPSA) is 108 Å². The second-order valence-corrected chi connectivity index (χ2v) is 10.0. The molecule has 0 bridgehead atoms. The van der Waals surface area contributed by atoms with Gasteiger partial charge in [-0.25, -0.2) is 13.4 Å². The van der Waals surface area contributed by atoms with E-state index in [2.05, 4.69) is 15.0 Å². The van der Waals surface area contributed by atoms with Crippen LogP contribution in [0.1, 0.15) is 25.0 Å². The fourth-order valence-electron chi connectivity index (χ4n) is 4.20. The highest BCUT2D eigenvalue weighted by atomic mass is 32.2. The molecule has 0 aliphatic carbocycles. The zero-order valence-electron chi connectivity index (χ0n) is 18.9. The number of rotatable bonds is 7. The van der Waals surface area contributed by atoms with Crippen molar-refractivity contribution >= 4 is 33.3 Å². The van der Waals surface area contributed by atoms with Gasteiger partial charge >= 0.3 is 0 Å². The molecule has 4 rings (SSSR count). The van der Waals surface area contributed by atoms with Gasteiger partial charge in [-0.1, -0.05) is 36.4 Å². The number of fused-ring (bicyclic) bond motifs is 1. The molecule has 2 heterocycles. The van der Waals surface area contributed by atoms with Gasteiger partial charge in [0.1, 0.15) is 11.9 Å². The second-order valence-electron chi connectivity index (χ2n) is 8.30. The minimum Gasteiger partial charge on any atom is -0.309 e. The van der Waals surface area contributed by atoms with E-state index in [4.69, 9.17) is 0 Å². The Morgan fingerprint density at radius 2 is 1.82 bits per heavy atom. The van der Waals surface area contributed by atoms with Crippen molar-refractivity contribution in [3.05, 3.63) is 84.1 Å². The number of pyridine rings is 1. The summed E-state index contributed by atoms with van der Waals surface area (Å²) in [4.78, 5) is 30.8. The molecule has 3 aromatic rings. The summed E-state index contributed by atoms with van der Waals surface area (Å²) in [6.07, 6.45) is 2.27. The van der Waals surface area contributed by atoms with Gasteiger partial charge in [0.05, 0.1) is 4.90 Å². The Morgan fingerprint density at radius 3 is 2.50 bits per heavy atom. The molecule has 0 fully saturated rings. The lowest BCUT2D eigenvalue weighted by atomic mass is 10.1. The van der Waals surface area contributed by atoms with Crippen LogP contribution < -0.4 is 14.9 Å². The van der Waals surface area contributed by atoms with Gasteiger partial charge in [-0.15, -0.1) is 0 Å². The van der Waals surface area contributed by atoms with Crippen LogP contribution in [-0.4, -0.2) is 37.3 Å². The zero-order valence-corrected chi connectivity index (χ0v) is 19.7. The van der Waals surface area contributed by atoms with Gasteiger partial charge in [0, 0.05) is 24.8 Å². The number of nitrogens with one attached hydrogen (secondary N) is 2. The van der Waals surface area contributed by atoms with E-state index in [1.165, 1.54) is 13.0 Å². The van der Waals surface area contributed by atoms with Crippen LogP contribution in [0.3, 0.4) is 0 Å². The fraction of sp³-hybridized carbons (Fsp3) is 0.240. The van der Waals surface area contributed by atoms with Crippen molar-refractivity contribution in [1.29, 1.82) is 0 Å². The molecule has 2 aromatic carbocycles. The maximum atomic E-state index is 13.3. The van der Waals surface area contributed by atoms with Gasteiger partial charge in [0.25, 0.3) is 0 Å². The Morgan fingerprint density at radius 1 is 1.09 bits per heavy atom. The Labute approximate surface area is 199 Å². The summed E-state index contributed by atoms with van der Waals surface area (Å²) in [5.74, 6) is -0.265. The predicted molar refractivity (Wildman–Crippen MR) is 130 cm³/mol. The van der Waals surface area contributed by atoms with Crippen LogP contribution >= 0.6 is 0 Å². The average molecular weight is 479 g/mol. The van der Waals surface area contributed by atoms with E-state index in [1.807, 2.05) is 37.3 Å². The molecule has 2 amide bonds. The number of aromatic nitrogens is 1. The molecule has 9 heteroatoms. The number of benzene rings is 2. The molecule has 0 unspecified atom stereocenters. The summed E-state index contributed by atoms with van der Waals surface area (Å²) in [5, 5.41) is 2.68. The minimum atomic E-state index is -4.03. The van der Waals surface area contributed by atoms with Crippen molar-refractivity contribution in [2.45, 2.75) is 43.7 Å². The number of anilines is 2. The van der Waals surface area contributed by atoms with Crippen LogP contribution in [0, 0.1) is 0 Å². The molecule has 1 aliphatic rings. The Kier molecular flexibility index (Phi) is 6.76. The van der Waals surface area contributed by atoms with E-state index in [1.54, 1.807) is 41.4 Å². The standard InChI is InChI=1S/C25H26N4O4S/c1-17-14-20-16-21(11-12-23(20)29(17)18(2)30)34(32,33)28-22(15-19-8-4-3-5-9-19)25(31)27-24-10-6-7-13-26-24/h3-13,16-17,22,28H,14-15H2,1-2H3,(H,26,27,31)/t17-,22+/m0/s1. The lowest BCUT2D eigenvalue weighted by Gasteiger charge is -2.21. The third-order valence-corrected chi connectivity index (χ3v) is 7.20. The smallest absolute Gasteiger partial charge is 0.244 e. The van der Waals surface area contributed by atoms with Crippen LogP contribution in [0.15, 0.2) is 77.8 Å². The summed E-state index contributed by atoms with van der Waals surface area (Å²) in [5.41, 5.74) is 2.31. The summed E-state index contributed by atoms with van der Waals surface area (Å²) in [6, 6.07) is 17.9. The number of nitrogens with zero attached hydrogens (tertiary/aromatic N) is 2. The van der Waals surface area contributed by atoms with Gasteiger partial charge < -0.3 is 10.2 Å². The first-order valence-electron chi connectivity index (χ1n) is 11.0. The van der Waals surface area contributed by atoms with Crippen molar-refractivity contribution in [3.63, 3.8) is 0 Å². The minimum absolute atomic E-state index is 0.0478. The normalized spacial score (nSPS) is 16.1. The summed E-state index contributed by atoms with van der Waals surface area (Å²) in [7, 11) is -4.03. The van der Waals surface area contributed by atoms with E-state index >= 15 is 0 Å². The lowest BCUT2D eigenvalue weighted by Crippen LogP contribution is -2.45. The molecule has 1 aliphatic heterocycles. The number of hydrogen-bond donors (Lipinski definition) is 2. The molecule has 0 radical (unpaired) electrons. The van der Waals surface area contributed by atoms with E-state index in [0.717, 1.165) is 11.1 Å². The Hall–Kier alpha value is -3.56. The van der Waals surface area contributed by atoms with Gasteiger partial charge in [-0.3, -0.25) is 9.59 Å². The average Bonchev–Trinajstić information content (AvgIpc) is 3.15. The first-order valence-corrected chi connectivity index (χ1v) is 12.4. The van der Waals surface area contributed by atoms with Crippen molar-refractivity contribution in [1.82, 2.24) is 9.71 Å². The van der Waals surface area contributed by atoms with Gasteiger partial charge in [-0.05, 0) is 61.2 Å². The summed E-state index contributed by atoms with van der Waals surface area (Å²) >= 11 is 0. The van der Waals surface area contributed by atoms with Gasteiger partial charge in [0.15, 0.2) is 0 Å². The molecule has 34 heavy (non-hydrogen) atoms. The molecular formula is C25H26N4O4S. The largest absolute Gasteiger partial charge is 0.309 e. The number of carbonyl (C=O) groups is 2. The summed E-state index contributed by atoms with van der Waals surface area (Å²) in [6.45, 7) is 3.41. The van der Waals surface area contributed by atoms with Crippen molar-refractivity contribution < 1.29 is 18.0 Å². The molecule has 176 valence electrons. The van der Waals surface area contributed by atoms with E-state index in [9.17, 15) is 18.0 Å². The maximum Gasteiger partial charge on any atom is 0.244 e. The molecule has 2 N–H and O–H groups in total. The first-order chi connectivity index (χ1) is 16.2. The van der Waals surface area contributed by atoms with Crippen molar-refractivity contribution in [2.75, 3.05) is 10.2 Å². The lowest BCUT2D eigenvalue weighted by molar-refractivity contribution is -0.118. The van der Waals surface area contributed by atoms with Crippen molar-refractivity contribution in [3.8, 4) is 0 Å². The van der Waals surface area contributed by atoms with E-state index in [-0.39, 0.29) is 23.3 Å². The predicted octanol–water partition coefficient (Wildman–Crippen LogP) is 2.91. The molecule has 1 aromatic heterocycles. The van der Waals surface area contributed by atoms with E-state index in [0.29, 0.717) is 17.9 Å². The Bertz CT molecular complexity index is 1300. The van der Waals surface area contributed by atoms with E-state index < -0.39 is 22.0 Å². The monoisotopic (exact) mass is 478 g/mol. The highest BCUT2D eigenvalue weighted by Gasteiger charge is 2.32. The quantitative estimate of drug-likeness (QED) is 0.543. The molecule has 2 atom stereocenters. The number of hydrogen-bond acceptors (Lipinski definition) is 5. The molecule has 0 saturated heterocycles. The number of amides is 2. The highest BCUT2D eigenvalue weighted by Crippen LogP contribution is 2.34. The van der Waals surface area contributed by atoms with Crippen LogP contribution in [0.25, 0.3) is 0 Å². The number of carbonyl (C=O) groups excluding carboxylic acids is 2. The second kappa shape index (κ2) is 9.74.